The molecule has 0 radical (unpaired) electrons. The number of carbonyl (C=O) groups excluding carboxylic acids is 2. The van der Waals surface area contributed by atoms with Gasteiger partial charge in [-0.25, -0.2) is 0 Å². The molecular weight excluding hydrogens is 885 g/mol. The first-order valence-corrected chi connectivity index (χ1v) is 29.0. The molecule has 0 spiro atoms. The van der Waals surface area contributed by atoms with Gasteiger partial charge in [-0.1, -0.05) is 249 Å². The van der Waals surface area contributed by atoms with Gasteiger partial charge in [0, 0.05) is 12.8 Å². The van der Waals surface area contributed by atoms with Crippen molar-refractivity contribution in [1.29, 1.82) is 0 Å². The second-order valence-corrected chi connectivity index (χ2v) is 18.6. The molecule has 0 fully saturated rings. The Hall–Kier alpha value is -4.48. The smallest absolute Gasteiger partial charge is 0.306 e. The summed E-state index contributed by atoms with van der Waals surface area (Å²) in [6, 6.07) is 0. The van der Waals surface area contributed by atoms with Crippen LogP contribution < -0.4 is 0 Å². The third-order valence-electron chi connectivity index (χ3n) is 11.8. The largest absolute Gasteiger partial charge is 0.462 e. The Morgan fingerprint density at radius 2 is 0.597 bits per heavy atom. The molecule has 72 heavy (non-hydrogen) atoms. The van der Waals surface area contributed by atoms with Gasteiger partial charge in [-0.2, -0.15) is 0 Å². The first-order chi connectivity index (χ1) is 35.6. The zero-order chi connectivity index (χ0) is 52.0. The van der Waals surface area contributed by atoms with Gasteiger partial charge in [-0.05, 0) is 128 Å². The summed E-state index contributed by atoms with van der Waals surface area (Å²) in [5.41, 5.74) is 0. The number of ether oxygens (including phenoxy) is 2. The van der Waals surface area contributed by atoms with E-state index in [1.54, 1.807) is 0 Å². The van der Waals surface area contributed by atoms with Gasteiger partial charge in [0.05, 0.1) is 6.61 Å². The van der Waals surface area contributed by atoms with Crippen molar-refractivity contribution in [2.24, 2.45) is 0 Å². The van der Waals surface area contributed by atoms with Crippen molar-refractivity contribution in [1.82, 2.24) is 0 Å². The molecule has 0 aliphatic heterocycles. The maximum absolute atomic E-state index is 12.3. The molecule has 0 aromatic heterocycles. The zero-order valence-corrected chi connectivity index (χ0v) is 46.1. The molecule has 0 aromatic carbocycles. The summed E-state index contributed by atoms with van der Waals surface area (Å²) in [6.07, 6.45) is 93.5. The molecule has 0 saturated carbocycles. The van der Waals surface area contributed by atoms with Gasteiger partial charge in [-0.15, -0.1) is 0 Å². The Labute approximate surface area is 443 Å². The number of rotatable bonds is 51. The Bertz CT molecular complexity index is 1590. The van der Waals surface area contributed by atoms with Crippen LogP contribution in [0.1, 0.15) is 232 Å². The van der Waals surface area contributed by atoms with Crippen LogP contribution in [0.4, 0.5) is 0 Å². The molecule has 0 aromatic rings. The van der Waals surface area contributed by atoms with Crippen molar-refractivity contribution in [3.63, 3.8) is 0 Å². The standard InChI is InChI=1S/C67H106O5/c1-3-5-7-9-11-13-15-17-19-21-23-25-26-27-28-29-30-31-32-33-34-35-36-37-38-39-40-42-44-46-48-50-52-54-56-58-60-62-67(70)72-65(63-68)64-71-66(69)61-59-57-55-53-51-49-47-45-43-41-24-22-20-18-16-14-12-10-8-6-4-2/h5,7,11,13,16-19,22-25,27-28,30-31,33-34,36-37,39-40,43-46,65,68H,3-4,6,8-10,12,14-15,20-21,26,29,32,35,38,41-42,47-64H2,1-2H3/b7-5-,13-11-,18-16-,19-17-,24-22-,25-23-,28-27-,31-30-,34-33-,37-36-,40-39-,45-43-,46-44-. The molecule has 1 unspecified atom stereocenters. The van der Waals surface area contributed by atoms with Crippen LogP contribution in [0.2, 0.25) is 0 Å². The number of aliphatic hydroxyl groups excluding tert-OH is 1. The lowest BCUT2D eigenvalue weighted by molar-refractivity contribution is -0.161. The molecule has 0 aliphatic rings. The Balaban J connectivity index is 3.66. The molecule has 1 N–H and O–H groups in total. The molecule has 0 rings (SSSR count). The molecular formula is C67H106O5. The summed E-state index contributed by atoms with van der Waals surface area (Å²) in [5, 5.41) is 9.65. The number of carbonyl (C=O) groups is 2. The van der Waals surface area contributed by atoms with Crippen LogP contribution in [0.3, 0.4) is 0 Å². The minimum absolute atomic E-state index is 0.0888. The Kier molecular flexibility index (Phi) is 57.0. The predicted molar refractivity (Wildman–Crippen MR) is 315 cm³/mol. The summed E-state index contributed by atoms with van der Waals surface area (Å²) in [4.78, 5) is 24.5. The summed E-state index contributed by atoms with van der Waals surface area (Å²) in [5.74, 6) is -0.632. The predicted octanol–water partition coefficient (Wildman–Crippen LogP) is 20.0. The Morgan fingerprint density at radius 1 is 0.333 bits per heavy atom. The molecule has 0 bridgehead atoms. The average Bonchev–Trinajstić information content (AvgIpc) is 3.38. The van der Waals surface area contributed by atoms with E-state index >= 15 is 0 Å². The number of unbranched alkanes of at least 4 members (excludes halogenated alkanes) is 17. The van der Waals surface area contributed by atoms with Crippen LogP contribution in [0.25, 0.3) is 0 Å². The third-order valence-corrected chi connectivity index (χ3v) is 11.8. The van der Waals surface area contributed by atoms with Crippen LogP contribution in [0.5, 0.6) is 0 Å². The highest BCUT2D eigenvalue weighted by molar-refractivity contribution is 5.70. The summed E-state index contributed by atoms with van der Waals surface area (Å²) < 4.78 is 10.7. The number of aliphatic hydroxyl groups is 1. The van der Waals surface area contributed by atoms with E-state index in [2.05, 4.69) is 172 Å². The number of hydrogen-bond acceptors (Lipinski definition) is 5. The average molecular weight is 992 g/mol. The van der Waals surface area contributed by atoms with E-state index < -0.39 is 6.10 Å². The minimum Gasteiger partial charge on any atom is -0.462 e. The molecule has 5 nitrogen and oxygen atoms in total. The van der Waals surface area contributed by atoms with Crippen molar-refractivity contribution < 1.29 is 24.2 Å². The molecule has 5 heteroatoms. The van der Waals surface area contributed by atoms with E-state index in [-0.39, 0.29) is 25.2 Å². The fourth-order valence-electron chi connectivity index (χ4n) is 7.47. The lowest BCUT2D eigenvalue weighted by atomic mass is 10.1. The third kappa shape index (κ3) is 58.1. The highest BCUT2D eigenvalue weighted by Crippen LogP contribution is 2.13. The van der Waals surface area contributed by atoms with Crippen molar-refractivity contribution in [2.45, 2.75) is 238 Å². The molecule has 1 atom stereocenters. The number of allylic oxidation sites excluding steroid dienone is 26. The Morgan fingerprint density at radius 3 is 0.903 bits per heavy atom. The van der Waals surface area contributed by atoms with Crippen molar-refractivity contribution in [3.8, 4) is 0 Å². The van der Waals surface area contributed by atoms with Gasteiger partial charge in [0.1, 0.15) is 6.61 Å². The summed E-state index contributed by atoms with van der Waals surface area (Å²) in [7, 11) is 0. The monoisotopic (exact) mass is 991 g/mol. The quantitative estimate of drug-likeness (QED) is 0.0373. The first kappa shape index (κ1) is 67.5. The van der Waals surface area contributed by atoms with Crippen LogP contribution in [0, 0.1) is 0 Å². The van der Waals surface area contributed by atoms with Crippen molar-refractivity contribution in [3.05, 3.63) is 158 Å². The van der Waals surface area contributed by atoms with Crippen LogP contribution in [-0.4, -0.2) is 36.4 Å². The van der Waals surface area contributed by atoms with Gasteiger partial charge in [0.2, 0.25) is 0 Å². The maximum atomic E-state index is 12.3. The maximum Gasteiger partial charge on any atom is 0.306 e. The van der Waals surface area contributed by atoms with Crippen molar-refractivity contribution >= 4 is 11.9 Å². The minimum atomic E-state index is -0.799. The molecule has 0 amide bonds. The lowest BCUT2D eigenvalue weighted by Crippen LogP contribution is -2.28. The van der Waals surface area contributed by atoms with E-state index in [4.69, 9.17) is 9.47 Å². The molecule has 0 heterocycles. The highest BCUT2D eigenvalue weighted by atomic mass is 16.6. The van der Waals surface area contributed by atoms with Crippen molar-refractivity contribution in [2.75, 3.05) is 13.2 Å². The first-order valence-electron chi connectivity index (χ1n) is 29.0. The van der Waals surface area contributed by atoms with Gasteiger partial charge in [0.25, 0.3) is 0 Å². The molecule has 0 saturated heterocycles. The van der Waals surface area contributed by atoms with E-state index in [0.29, 0.717) is 12.8 Å². The zero-order valence-electron chi connectivity index (χ0n) is 46.1. The second kappa shape index (κ2) is 60.8. The van der Waals surface area contributed by atoms with E-state index in [0.717, 1.165) is 135 Å². The fraction of sp³-hybridized carbons (Fsp3) is 0.582. The van der Waals surface area contributed by atoms with Gasteiger partial charge < -0.3 is 14.6 Å². The highest BCUT2D eigenvalue weighted by Gasteiger charge is 2.16. The molecule has 0 aliphatic carbocycles. The lowest BCUT2D eigenvalue weighted by Gasteiger charge is -2.15. The fourth-order valence-corrected chi connectivity index (χ4v) is 7.47. The van der Waals surface area contributed by atoms with Gasteiger partial charge in [0.15, 0.2) is 6.10 Å². The normalized spacial score (nSPS) is 13.4. The SMILES string of the molecule is CC/C=C\C/C=C\C/C=C\C/C=C\C/C=C\C/C=C\C/C=C\C/C=C\C/C=C\C/C=C\CCCCCCCCC(=O)OC(CO)COC(=O)CCCCCCCC/C=C\C/C=C\C/C=C\CCCCCCC. The summed E-state index contributed by atoms with van der Waals surface area (Å²) in [6.45, 7) is 3.98. The topological polar surface area (TPSA) is 72.8 Å². The molecule has 404 valence electrons. The second-order valence-electron chi connectivity index (χ2n) is 18.6. The van der Waals surface area contributed by atoms with Crippen LogP contribution in [0.15, 0.2) is 158 Å². The van der Waals surface area contributed by atoms with Gasteiger partial charge in [-0.3, -0.25) is 9.59 Å². The van der Waals surface area contributed by atoms with E-state index in [9.17, 15) is 14.7 Å². The van der Waals surface area contributed by atoms with E-state index in [1.165, 1.54) is 70.6 Å². The number of hydrogen-bond donors (Lipinski definition) is 1. The number of esters is 2. The van der Waals surface area contributed by atoms with Crippen LogP contribution in [-0.2, 0) is 19.1 Å². The van der Waals surface area contributed by atoms with Crippen LogP contribution >= 0.6 is 0 Å². The summed E-state index contributed by atoms with van der Waals surface area (Å²) >= 11 is 0. The van der Waals surface area contributed by atoms with E-state index in [1.807, 2.05) is 0 Å². The van der Waals surface area contributed by atoms with Gasteiger partial charge >= 0.3 is 11.9 Å².